The van der Waals surface area contributed by atoms with Gasteiger partial charge in [0, 0.05) is 37.4 Å². The fourth-order valence-corrected chi connectivity index (χ4v) is 2.57. The second kappa shape index (κ2) is 6.89. The Morgan fingerprint density at radius 3 is 2.95 bits per heavy atom. The number of aromatic nitrogens is 1. The minimum Gasteiger partial charge on any atom is -0.370 e. The predicted octanol–water partition coefficient (Wildman–Crippen LogP) is 1.58. The van der Waals surface area contributed by atoms with Crippen LogP contribution in [0.4, 0.5) is 5.82 Å². The van der Waals surface area contributed by atoms with Crippen LogP contribution in [0.15, 0.2) is 16.7 Å². The quantitative estimate of drug-likeness (QED) is 0.894. The van der Waals surface area contributed by atoms with Gasteiger partial charge in [0.1, 0.15) is 12.4 Å². The highest BCUT2D eigenvalue weighted by Gasteiger charge is 2.25. The molecule has 6 nitrogen and oxygen atoms in total. The molecule has 0 spiro atoms. The van der Waals surface area contributed by atoms with Gasteiger partial charge < -0.3 is 15.1 Å². The maximum absolute atomic E-state index is 12.7. The molecule has 1 fully saturated rings. The zero-order chi connectivity index (χ0) is 15.4. The van der Waals surface area contributed by atoms with Crippen molar-refractivity contribution in [1.29, 1.82) is 0 Å². The number of carbonyl (C=O) groups is 2. The molecule has 2 amide bonds. The molecule has 114 valence electrons. The molecule has 1 aliphatic rings. The summed E-state index contributed by atoms with van der Waals surface area (Å²) in [5.41, 5.74) is 0.489. The first-order valence-electron chi connectivity index (χ1n) is 6.95. The largest absolute Gasteiger partial charge is 0.370 e. The van der Waals surface area contributed by atoms with E-state index in [0.717, 1.165) is 10.9 Å². The van der Waals surface area contributed by atoms with Crippen molar-refractivity contribution in [2.24, 2.45) is 0 Å². The van der Waals surface area contributed by atoms with Gasteiger partial charge in [-0.2, -0.15) is 0 Å². The lowest BCUT2D eigenvalue weighted by Gasteiger charge is -2.21. The van der Waals surface area contributed by atoms with Crippen LogP contribution in [0.2, 0.25) is 0 Å². The molecule has 0 radical (unpaired) electrons. The van der Waals surface area contributed by atoms with E-state index in [4.69, 9.17) is 0 Å². The Morgan fingerprint density at radius 2 is 2.24 bits per heavy atom. The average Bonchev–Trinajstić information content (AvgIpc) is 2.62. The van der Waals surface area contributed by atoms with Gasteiger partial charge in [0.2, 0.25) is 5.91 Å². The van der Waals surface area contributed by atoms with Gasteiger partial charge in [0.25, 0.3) is 5.91 Å². The van der Waals surface area contributed by atoms with Gasteiger partial charge >= 0.3 is 0 Å². The number of pyridine rings is 1. The minimum absolute atomic E-state index is 0.0335. The molecule has 1 aliphatic heterocycles. The maximum Gasteiger partial charge on any atom is 0.258 e. The van der Waals surface area contributed by atoms with Crippen molar-refractivity contribution in [3.05, 3.63) is 22.3 Å². The van der Waals surface area contributed by atoms with Crippen LogP contribution in [0, 0.1) is 0 Å². The Balaban J connectivity index is 2.26. The summed E-state index contributed by atoms with van der Waals surface area (Å²) in [5.74, 6) is 0.355. The lowest BCUT2D eigenvalue weighted by Crippen LogP contribution is -2.38. The van der Waals surface area contributed by atoms with Crippen molar-refractivity contribution >= 4 is 33.6 Å². The molecule has 1 aromatic heterocycles. The van der Waals surface area contributed by atoms with Crippen molar-refractivity contribution in [1.82, 2.24) is 14.8 Å². The van der Waals surface area contributed by atoms with Crippen LogP contribution >= 0.6 is 15.9 Å². The van der Waals surface area contributed by atoms with Gasteiger partial charge in [-0.15, -0.1) is 0 Å². The topological polar surface area (TPSA) is 65.5 Å². The Morgan fingerprint density at radius 1 is 1.48 bits per heavy atom. The molecule has 0 bridgehead atoms. The van der Waals surface area contributed by atoms with E-state index in [-0.39, 0.29) is 18.4 Å². The summed E-state index contributed by atoms with van der Waals surface area (Å²) >= 11 is 3.34. The van der Waals surface area contributed by atoms with Crippen molar-refractivity contribution in [2.45, 2.75) is 13.3 Å². The first kappa shape index (κ1) is 15.8. The van der Waals surface area contributed by atoms with Crippen molar-refractivity contribution in [3.8, 4) is 0 Å². The zero-order valence-electron chi connectivity index (χ0n) is 12.2. The fourth-order valence-electron chi connectivity index (χ4n) is 2.24. The van der Waals surface area contributed by atoms with E-state index in [1.54, 1.807) is 29.1 Å². The van der Waals surface area contributed by atoms with E-state index in [0.29, 0.717) is 31.0 Å². The standard InChI is InChI=1S/C14H19BrN4O2/c1-3-16-13-11(7-10(15)8-17-13)14(21)19-6-4-5-18(2)12(20)9-19/h7-8H,3-6,9H2,1-2H3,(H,16,17). The highest BCUT2D eigenvalue weighted by Crippen LogP contribution is 2.20. The molecule has 1 saturated heterocycles. The Bertz CT molecular complexity index is 550. The van der Waals surface area contributed by atoms with E-state index < -0.39 is 0 Å². The number of nitrogens with zero attached hydrogens (tertiary/aromatic N) is 3. The van der Waals surface area contributed by atoms with Crippen LogP contribution in [-0.4, -0.2) is 59.8 Å². The third-order valence-electron chi connectivity index (χ3n) is 3.39. The van der Waals surface area contributed by atoms with Gasteiger partial charge in [0.15, 0.2) is 0 Å². The van der Waals surface area contributed by atoms with Gasteiger partial charge in [-0.05, 0) is 35.3 Å². The summed E-state index contributed by atoms with van der Waals surface area (Å²) in [7, 11) is 1.76. The van der Waals surface area contributed by atoms with Gasteiger partial charge in [-0.25, -0.2) is 4.98 Å². The number of rotatable bonds is 3. The number of amides is 2. The maximum atomic E-state index is 12.7. The summed E-state index contributed by atoms with van der Waals surface area (Å²) in [6.07, 6.45) is 2.43. The van der Waals surface area contributed by atoms with E-state index >= 15 is 0 Å². The molecular formula is C14H19BrN4O2. The molecule has 1 N–H and O–H groups in total. The third-order valence-corrected chi connectivity index (χ3v) is 3.82. The molecule has 1 aromatic rings. The molecule has 21 heavy (non-hydrogen) atoms. The zero-order valence-corrected chi connectivity index (χ0v) is 13.8. The summed E-state index contributed by atoms with van der Waals surface area (Å²) in [4.78, 5) is 32.1. The average molecular weight is 355 g/mol. The molecule has 0 saturated carbocycles. The van der Waals surface area contributed by atoms with Crippen LogP contribution in [0.5, 0.6) is 0 Å². The van der Waals surface area contributed by atoms with Crippen molar-refractivity contribution in [2.75, 3.05) is 38.5 Å². The number of carbonyl (C=O) groups excluding carboxylic acids is 2. The predicted molar refractivity (Wildman–Crippen MR) is 84.3 cm³/mol. The number of hydrogen-bond acceptors (Lipinski definition) is 4. The highest BCUT2D eigenvalue weighted by atomic mass is 79.9. The third kappa shape index (κ3) is 3.72. The summed E-state index contributed by atoms with van der Waals surface area (Å²) in [5, 5.41) is 3.08. The number of likely N-dealkylation sites (N-methyl/N-ethyl adjacent to an activating group) is 1. The monoisotopic (exact) mass is 354 g/mol. The molecule has 0 aromatic carbocycles. The molecule has 0 aliphatic carbocycles. The Kier molecular flexibility index (Phi) is 5.17. The lowest BCUT2D eigenvalue weighted by molar-refractivity contribution is -0.129. The highest BCUT2D eigenvalue weighted by molar-refractivity contribution is 9.10. The van der Waals surface area contributed by atoms with Crippen molar-refractivity contribution < 1.29 is 9.59 Å². The first-order chi connectivity index (χ1) is 10.0. The van der Waals surface area contributed by atoms with Crippen LogP contribution in [0.25, 0.3) is 0 Å². The van der Waals surface area contributed by atoms with Crippen LogP contribution in [-0.2, 0) is 4.79 Å². The molecule has 0 unspecified atom stereocenters. The van der Waals surface area contributed by atoms with Gasteiger partial charge in [0.05, 0.1) is 5.56 Å². The smallest absolute Gasteiger partial charge is 0.258 e. The Labute approximate surface area is 132 Å². The Hall–Kier alpha value is -1.63. The summed E-state index contributed by atoms with van der Waals surface area (Å²) in [6.45, 7) is 4.00. The molecule has 2 rings (SSSR count). The lowest BCUT2D eigenvalue weighted by atomic mass is 10.2. The van der Waals surface area contributed by atoms with Crippen molar-refractivity contribution in [3.63, 3.8) is 0 Å². The number of hydrogen-bond donors (Lipinski definition) is 1. The normalized spacial score (nSPS) is 15.9. The first-order valence-corrected chi connectivity index (χ1v) is 7.75. The second-order valence-electron chi connectivity index (χ2n) is 4.98. The fraction of sp³-hybridized carbons (Fsp3) is 0.500. The minimum atomic E-state index is -0.164. The van der Waals surface area contributed by atoms with Crippen LogP contribution in [0.3, 0.4) is 0 Å². The summed E-state index contributed by atoms with van der Waals surface area (Å²) < 4.78 is 0.741. The molecule has 2 heterocycles. The van der Waals surface area contributed by atoms with Gasteiger partial charge in [-0.3, -0.25) is 9.59 Å². The molecular weight excluding hydrogens is 336 g/mol. The SMILES string of the molecule is CCNc1ncc(Br)cc1C(=O)N1CCCN(C)C(=O)C1. The van der Waals surface area contributed by atoms with E-state index in [1.165, 1.54) is 0 Å². The number of halogens is 1. The molecule has 0 atom stereocenters. The molecule has 7 heteroatoms. The summed E-state index contributed by atoms with van der Waals surface area (Å²) in [6, 6.07) is 1.74. The van der Waals surface area contributed by atoms with Gasteiger partial charge in [-0.1, -0.05) is 0 Å². The van der Waals surface area contributed by atoms with E-state index in [9.17, 15) is 9.59 Å². The second-order valence-corrected chi connectivity index (χ2v) is 5.89. The number of anilines is 1. The van der Waals surface area contributed by atoms with E-state index in [1.807, 2.05) is 6.92 Å². The van der Waals surface area contributed by atoms with Crippen LogP contribution in [0.1, 0.15) is 23.7 Å². The van der Waals surface area contributed by atoms with E-state index in [2.05, 4.69) is 26.2 Å². The number of nitrogens with one attached hydrogen (secondary N) is 1. The van der Waals surface area contributed by atoms with Crippen LogP contribution < -0.4 is 5.32 Å².